The molecule has 2 nitrogen and oxygen atoms in total. The monoisotopic (exact) mass is 274 g/mol. The lowest BCUT2D eigenvalue weighted by atomic mass is 9.95. The summed E-state index contributed by atoms with van der Waals surface area (Å²) in [6.07, 6.45) is 2.70. The zero-order valence-electron chi connectivity index (χ0n) is 13.7. The SMILES string of the molecule is CNC(c1ccc(C)cc1)C(C)N1CCCC1C(C)C. The number of nitrogens with zero attached hydrogens (tertiary/aromatic N) is 1. The molecule has 1 N–H and O–H groups in total. The first-order valence-corrected chi connectivity index (χ1v) is 8.04. The van der Waals surface area contributed by atoms with Crippen molar-refractivity contribution in [3.63, 3.8) is 0 Å². The topological polar surface area (TPSA) is 15.3 Å². The van der Waals surface area contributed by atoms with Crippen LogP contribution in [0.1, 0.15) is 50.8 Å². The number of hydrogen-bond donors (Lipinski definition) is 1. The molecule has 1 aliphatic rings. The largest absolute Gasteiger partial charge is 0.312 e. The van der Waals surface area contributed by atoms with Gasteiger partial charge in [0.05, 0.1) is 0 Å². The Kier molecular flexibility index (Phi) is 5.22. The Morgan fingerprint density at radius 1 is 1.15 bits per heavy atom. The van der Waals surface area contributed by atoms with Crippen LogP contribution in [-0.4, -0.2) is 30.6 Å². The van der Waals surface area contributed by atoms with E-state index in [1.54, 1.807) is 0 Å². The third-order valence-corrected chi connectivity index (χ3v) is 4.86. The molecule has 1 fully saturated rings. The molecule has 0 aliphatic carbocycles. The quantitative estimate of drug-likeness (QED) is 0.879. The number of benzene rings is 1. The molecule has 0 bridgehead atoms. The number of rotatable bonds is 5. The van der Waals surface area contributed by atoms with Crippen LogP contribution in [0.25, 0.3) is 0 Å². The lowest BCUT2D eigenvalue weighted by Gasteiger charge is -2.37. The zero-order valence-corrected chi connectivity index (χ0v) is 13.7. The number of nitrogens with one attached hydrogen (secondary N) is 1. The maximum Gasteiger partial charge on any atom is 0.0473 e. The smallest absolute Gasteiger partial charge is 0.0473 e. The molecule has 0 spiro atoms. The minimum absolute atomic E-state index is 0.412. The zero-order chi connectivity index (χ0) is 14.7. The molecule has 1 aromatic rings. The molecule has 0 saturated carbocycles. The second-order valence-electron chi connectivity index (χ2n) is 6.61. The Morgan fingerprint density at radius 3 is 2.35 bits per heavy atom. The van der Waals surface area contributed by atoms with Gasteiger partial charge in [-0.2, -0.15) is 0 Å². The Labute approximate surface area is 124 Å². The first kappa shape index (κ1) is 15.5. The molecular weight excluding hydrogens is 244 g/mol. The molecule has 2 rings (SSSR count). The van der Waals surface area contributed by atoms with Crippen LogP contribution in [0.5, 0.6) is 0 Å². The molecule has 3 atom stereocenters. The second-order valence-corrected chi connectivity index (χ2v) is 6.61. The fourth-order valence-corrected chi connectivity index (χ4v) is 3.69. The summed E-state index contributed by atoms with van der Waals surface area (Å²) in [6, 6.07) is 10.7. The lowest BCUT2D eigenvalue weighted by Crippen LogP contribution is -2.46. The second kappa shape index (κ2) is 6.73. The molecule has 0 aromatic heterocycles. The summed E-state index contributed by atoms with van der Waals surface area (Å²) in [7, 11) is 2.08. The van der Waals surface area contributed by atoms with Gasteiger partial charge in [-0.15, -0.1) is 0 Å². The van der Waals surface area contributed by atoms with Crippen molar-refractivity contribution in [3.05, 3.63) is 35.4 Å². The summed E-state index contributed by atoms with van der Waals surface area (Å²) < 4.78 is 0. The average Bonchev–Trinajstić information content (AvgIpc) is 2.91. The highest BCUT2D eigenvalue weighted by molar-refractivity contribution is 5.25. The van der Waals surface area contributed by atoms with Gasteiger partial charge in [-0.05, 0) is 51.8 Å². The van der Waals surface area contributed by atoms with Gasteiger partial charge >= 0.3 is 0 Å². The van der Waals surface area contributed by atoms with Crippen LogP contribution in [0.15, 0.2) is 24.3 Å². The fraction of sp³-hybridized carbons (Fsp3) is 0.667. The van der Waals surface area contributed by atoms with Gasteiger partial charge in [0, 0.05) is 18.1 Å². The first-order chi connectivity index (χ1) is 9.54. The number of likely N-dealkylation sites (tertiary alicyclic amines) is 1. The minimum atomic E-state index is 0.412. The maximum absolute atomic E-state index is 3.53. The first-order valence-electron chi connectivity index (χ1n) is 8.04. The van der Waals surface area contributed by atoms with Gasteiger partial charge in [0.2, 0.25) is 0 Å². The summed E-state index contributed by atoms with van der Waals surface area (Å²) in [6.45, 7) is 10.5. The van der Waals surface area contributed by atoms with Crippen molar-refractivity contribution in [2.45, 2.75) is 58.7 Å². The summed E-state index contributed by atoms with van der Waals surface area (Å²) >= 11 is 0. The van der Waals surface area contributed by atoms with Gasteiger partial charge in [0.1, 0.15) is 0 Å². The third-order valence-electron chi connectivity index (χ3n) is 4.86. The summed E-state index contributed by atoms with van der Waals surface area (Å²) in [4.78, 5) is 2.71. The predicted molar refractivity (Wildman–Crippen MR) is 87.0 cm³/mol. The normalized spacial score (nSPS) is 23.2. The Bertz CT molecular complexity index is 410. The van der Waals surface area contributed by atoms with E-state index in [2.05, 4.69) is 69.2 Å². The fourth-order valence-electron chi connectivity index (χ4n) is 3.69. The van der Waals surface area contributed by atoms with Crippen LogP contribution in [0.2, 0.25) is 0 Å². The summed E-state index contributed by atoms with van der Waals surface area (Å²) in [5, 5.41) is 3.53. The van der Waals surface area contributed by atoms with Crippen LogP contribution in [0.3, 0.4) is 0 Å². The van der Waals surface area contributed by atoms with Crippen molar-refractivity contribution >= 4 is 0 Å². The molecule has 112 valence electrons. The van der Waals surface area contributed by atoms with Crippen molar-refractivity contribution < 1.29 is 0 Å². The lowest BCUT2D eigenvalue weighted by molar-refractivity contribution is 0.129. The molecule has 1 aromatic carbocycles. The van der Waals surface area contributed by atoms with E-state index < -0.39 is 0 Å². The van der Waals surface area contributed by atoms with E-state index in [1.165, 1.54) is 30.5 Å². The molecule has 1 heterocycles. The van der Waals surface area contributed by atoms with Gasteiger partial charge in [-0.1, -0.05) is 43.7 Å². The van der Waals surface area contributed by atoms with Gasteiger partial charge in [0.15, 0.2) is 0 Å². The highest BCUT2D eigenvalue weighted by atomic mass is 15.2. The van der Waals surface area contributed by atoms with Crippen LogP contribution in [0, 0.1) is 12.8 Å². The average molecular weight is 274 g/mol. The number of hydrogen-bond acceptors (Lipinski definition) is 2. The van der Waals surface area contributed by atoms with Crippen molar-refractivity contribution in [3.8, 4) is 0 Å². The molecule has 2 heteroatoms. The standard InChI is InChI=1S/C18H30N2/c1-13(2)17-7-6-12-20(17)15(4)18(19-5)16-10-8-14(3)9-11-16/h8-11,13,15,17-19H,6-7,12H2,1-5H3. The number of aryl methyl sites for hydroxylation is 1. The minimum Gasteiger partial charge on any atom is -0.312 e. The van der Waals surface area contributed by atoms with Gasteiger partial charge in [-0.3, -0.25) is 4.90 Å². The molecule has 3 unspecified atom stereocenters. The molecule has 0 amide bonds. The van der Waals surface area contributed by atoms with Crippen LogP contribution in [-0.2, 0) is 0 Å². The molecule has 0 radical (unpaired) electrons. The van der Waals surface area contributed by atoms with Gasteiger partial charge in [-0.25, -0.2) is 0 Å². The Balaban J connectivity index is 2.16. The van der Waals surface area contributed by atoms with Crippen LogP contribution < -0.4 is 5.32 Å². The highest BCUT2D eigenvalue weighted by Gasteiger charge is 2.33. The van der Waals surface area contributed by atoms with Gasteiger partial charge < -0.3 is 5.32 Å². The van der Waals surface area contributed by atoms with Crippen molar-refractivity contribution in [1.82, 2.24) is 10.2 Å². The van der Waals surface area contributed by atoms with Crippen LogP contribution in [0.4, 0.5) is 0 Å². The van der Waals surface area contributed by atoms with Crippen molar-refractivity contribution in [1.29, 1.82) is 0 Å². The number of likely N-dealkylation sites (N-methyl/N-ethyl adjacent to an activating group) is 1. The van der Waals surface area contributed by atoms with Crippen LogP contribution >= 0.6 is 0 Å². The Morgan fingerprint density at radius 2 is 1.80 bits per heavy atom. The molecule has 20 heavy (non-hydrogen) atoms. The Hall–Kier alpha value is -0.860. The van der Waals surface area contributed by atoms with E-state index >= 15 is 0 Å². The van der Waals surface area contributed by atoms with Crippen molar-refractivity contribution in [2.75, 3.05) is 13.6 Å². The summed E-state index contributed by atoms with van der Waals surface area (Å²) in [5.41, 5.74) is 2.73. The predicted octanol–water partition coefficient (Wildman–Crippen LogP) is 3.76. The summed E-state index contributed by atoms with van der Waals surface area (Å²) in [5.74, 6) is 0.746. The van der Waals surface area contributed by atoms with Crippen molar-refractivity contribution in [2.24, 2.45) is 5.92 Å². The van der Waals surface area contributed by atoms with E-state index in [-0.39, 0.29) is 0 Å². The molecular formula is C18H30N2. The van der Waals surface area contributed by atoms with E-state index in [0.717, 1.165) is 12.0 Å². The maximum atomic E-state index is 3.53. The van der Waals surface area contributed by atoms with E-state index in [9.17, 15) is 0 Å². The van der Waals surface area contributed by atoms with E-state index in [4.69, 9.17) is 0 Å². The highest BCUT2D eigenvalue weighted by Crippen LogP contribution is 2.31. The molecule has 1 saturated heterocycles. The third kappa shape index (κ3) is 3.24. The van der Waals surface area contributed by atoms with E-state index in [1.807, 2.05) is 0 Å². The molecule has 1 aliphatic heterocycles. The van der Waals surface area contributed by atoms with Gasteiger partial charge in [0.25, 0.3) is 0 Å². The van der Waals surface area contributed by atoms with E-state index in [0.29, 0.717) is 12.1 Å².